The second-order valence-electron chi connectivity index (χ2n) is 4.60. The summed E-state index contributed by atoms with van der Waals surface area (Å²) in [7, 11) is 3.51. The Hall–Kier alpha value is -1.80. The maximum atomic E-state index is 5.71. The lowest BCUT2D eigenvalue weighted by Crippen LogP contribution is -2.83. The fourth-order valence-electron chi connectivity index (χ4n) is 2.03. The maximum Gasteiger partial charge on any atom is 0.209 e. The highest BCUT2D eigenvalue weighted by molar-refractivity contribution is 7.99. The van der Waals surface area contributed by atoms with Crippen LogP contribution in [-0.4, -0.2) is 46.2 Å². The first-order valence-electron chi connectivity index (χ1n) is 7.21. The summed E-state index contributed by atoms with van der Waals surface area (Å²) in [6, 6.07) is 5.99. The van der Waals surface area contributed by atoms with Crippen molar-refractivity contribution in [2.45, 2.75) is 18.6 Å². The van der Waals surface area contributed by atoms with Crippen LogP contribution in [0.4, 0.5) is 0 Å². The summed E-state index contributed by atoms with van der Waals surface area (Å²) >= 11 is 1.65. The Labute approximate surface area is 134 Å². The summed E-state index contributed by atoms with van der Waals surface area (Å²) in [5, 5.41) is 14.5. The van der Waals surface area contributed by atoms with Gasteiger partial charge in [-0.1, -0.05) is 17.8 Å². The SMILES string of the molecule is CCOc1c(C[NH2+]CCSc2nnnn2C)cccc1OC. The van der Waals surface area contributed by atoms with Gasteiger partial charge < -0.3 is 14.8 Å². The van der Waals surface area contributed by atoms with E-state index >= 15 is 0 Å². The average Bonchev–Trinajstić information content (AvgIpc) is 2.93. The van der Waals surface area contributed by atoms with E-state index in [2.05, 4.69) is 26.9 Å². The molecule has 0 bridgehead atoms. The molecule has 0 saturated heterocycles. The van der Waals surface area contributed by atoms with Crippen LogP contribution >= 0.6 is 11.8 Å². The van der Waals surface area contributed by atoms with Crippen LogP contribution < -0.4 is 14.8 Å². The highest BCUT2D eigenvalue weighted by atomic mass is 32.2. The third-order valence-electron chi connectivity index (χ3n) is 3.07. The first kappa shape index (κ1) is 16.6. The third-order valence-corrected chi connectivity index (χ3v) is 4.11. The van der Waals surface area contributed by atoms with Gasteiger partial charge in [0.1, 0.15) is 6.54 Å². The number of nitrogens with zero attached hydrogens (tertiary/aromatic N) is 4. The lowest BCUT2D eigenvalue weighted by molar-refractivity contribution is -0.666. The minimum Gasteiger partial charge on any atom is -0.493 e. The van der Waals surface area contributed by atoms with Gasteiger partial charge in [-0.25, -0.2) is 4.68 Å². The van der Waals surface area contributed by atoms with Crippen molar-refractivity contribution in [1.82, 2.24) is 20.2 Å². The van der Waals surface area contributed by atoms with E-state index < -0.39 is 0 Å². The number of nitrogens with two attached hydrogens (primary N) is 1. The predicted molar refractivity (Wildman–Crippen MR) is 84.2 cm³/mol. The number of benzene rings is 1. The van der Waals surface area contributed by atoms with Crippen molar-refractivity contribution in [3.8, 4) is 11.5 Å². The number of hydrogen-bond donors (Lipinski definition) is 1. The van der Waals surface area contributed by atoms with Gasteiger partial charge >= 0.3 is 0 Å². The van der Waals surface area contributed by atoms with Crippen molar-refractivity contribution >= 4 is 11.8 Å². The molecule has 1 aromatic heterocycles. The van der Waals surface area contributed by atoms with Gasteiger partial charge in [0.25, 0.3) is 0 Å². The van der Waals surface area contributed by atoms with Gasteiger partial charge in [-0.15, -0.1) is 5.10 Å². The van der Waals surface area contributed by atoms with Crippen molar-refractivity contribution in [2.75, 3.05) is 26.0 Å². The second kappa shape index (κ2) is 8.60. The number of tetrazole rings is 1. The molecule has 0 atom stereocenters. The van der Waals surface area contributed by atoms with Crippen LogP contribution in [0.5, 0.6) is 11.5 Å². The fourth-order valence-corrected chi connectivity index (χ4v) is 2.81. The molecule has 0 aliphatic heterocycles. The molecule has 0 spiro atoms. The first-order chi connectivity index (χ1) is 10.8. The molecular formula is C14H22N5O2S+. The van der Waals surface area contributed by atoms with Gasteiger partial charge in [-0.3, -0.25) is 0 Å². The molecule has 0 radical (unpaired) electrons. The van der Waals surface area contributed by atoms with E-state index in [9.17, 15) is 0 Å². The number of aromatic nitrogens is 4. The van der Waals surface area contributed by atoms with E-state index in [-0.39, 0.29) is 0 Å². The summed E-state index contributed by atoms with van der Waals surface area (Å²) in [5.74, 6) is 2.57. The number of methoxy groups -OCH3 is 1. The zero-order chi connectivity index (χ0) is 15.8. The Kier molecular flexibility index (Phi) is 6.47. The number of ether oxygens (including phenoxy) is 2. The summed E-state index contributed by atoms with van der Waals surface area (Å²) < 4.78 is 12.8. The van der Waals surface area contributed by atoms with Crippen molar-refractivity contribution in [3.63, 3.8) is 0 Å². The molecule has 0 fully saturated rings. The molecule has 0 amide bonds. The molecule has 0 saturated carbocycles. The lowest BCUT2D eigenvalue weighted by Gasteiger charge is -2.13. The smallest absolute Gasteiger partial charge is 0.209 e. The van der Waals surface area contributed by atoms with Crippen LogP contribution in [0.25, 0.3) is 0 Å². The third kappa shape index (κ3) is 4.35. The van der Waals surface area contributed by atoms with Crippen LogP contribution in [0.15, 0.2) is 23.4 Å². The predicted octanol–water partition coefficient (Wildman–Crippen LogP) is 0.473. The summed E-state index contributed by atoms with van der Waals surface area (Å²) in [6.07, 6.45) is 0. The van der Waals surface area contributed by atoms with Gasteiger partial charge in [-0.05, 0) is 29.5 Å². The first-order valence-corrected chi connectivity index (χ1v) is 8.20. The van der Waals surface area contributed by atoms with E-state index in [1.54, 1.807) is 23.6 Å². The highest BCUT2D eigenvalue weighted by Gasteiger charge is 2.11. The summed E-state index contributed by atoms with van der Waals surface area (Å²) in [4.78, 5) is 0. The molecule has 1 heterocycles. The second-order valence-corrected chi connectivity index (χ2v) is 5.66. The summed E-state index contributed by atoms with van der Waals surface area (Å²) in [5.41, 5.74) is 1.14. The molecule has 120 valence electrons. The van der Waals surface area contributed by atoms with E-state index in [0.717, 1.165) is 41.1 Å². The number of rotatable bonds is 9. The highest BCUT2D eigenvalue weighted by Crippen LogP contribution is 2.30. The van der Waals surface area contributed by atoms with E-state index in [1.165, 1.54) is 0 Å². The van der Waals surface area contributed by atoms with Gasteiger partial charge in [0.2, 0.25) is 5.16 Å². The molecule has 22 heavy (non-hydrogen) atoms. The summed E-state index contributed by atoms with van der Waals surface area (Å²) in [6.45, 7) is 4.43. The molecule has 8 heteroatoms. The molecule has 0 aliphatic carbocycles. The van der Waals surface area contributed by atoms with Crippen LogP contribution in [0.1, 0.15) is 12.5 Å². The van der Waals surface area contributed by atoms with Crippen molar-refractivity contribution in [2.24, 2.45) is 7.05 Å². The van der Waals surface area contributed by atoms with Crippen molar-refractivity contribution in [3.05, 3.63) is 23.8 Å². The zero-order valence-electron chi connectivity index (χ0n) is 13.2. The zero-order valence-corrected chi connectivity index (χ0v) is 14.0. The monoisotopic (exact) mass is 324 g/mol. The largest absolute Gasteiger partial charge is 0.493 e. The van der Waals surface area contributed by atoms with Gasteiger partial charge in [-0.2, -0.15) is 0 Å². The number of quaternary nitrogens is 1. The van der Waals surface area contributed by atoms with E-state index in [0.29, 0.717) is 6.61 Å². The molecular weight excluding hydrogens is 302 g/mol. The lowest BCUT2D eigenvalue weighted by atomic mass is 10.2. The van der Waals surface area contributed by atoms with Crippen molar-refractivity contribution < 1.29 is 14.8 Å². The molecule has 1 aromatic carbocycles. The van der Waals surface area contributed by atoms with Gasteiger partial charge in [0.15, 0.2) is 11.5 Å². The number of thioether (sulfide) groups is 1. The molecule has 7 nitrogen and oxygen atoms in total. The number of aryl methyl sites for hydroxylation is 1. The Balaban J connectivity index is 1.82. The number of hydrogen-bond acceptors (Lipinski definition) is 6. The number of para-hydroxylation sites is 1. The Bertz CT molecular complexity index is 590. The molecule has 2 N–H and O–H groups in total. The van der Waals surface area contributed by atoms with E-state index in [4.69, 9.17) is 9.47 Å². The molecule has 2 aromatic rings. The van der Waals surface area contributed by atoms with E-state index in [1.807, 2.05) is 26.1 Å². The normalized spacial score (nSPS) is 10.7. The van der Waals surface area contributed by atoms with Crippen LogP contribution in [0.2, 0.25) is 0 Å². The van der Waals surface area contributed by atoms with Gasteiger partial charge in [0.05, 0.1) is 31.6 Å². The minimum atomic E-state index is 0.627. The molecule has 0 unspecified atom stereocenters. The topological polar surface area (TPSA) is 78.7 Å². The minimum absolute atomic E-state index is 0.627. The average molecular weight is 324 g/mol. The Morgan fingerprint density at radius 1 is 1.36 bits per heavy atom. The van der Waals surface area contributed by atoms with Gasteiger partial charge in [0, 0.05) is 7.05 Å². The van der Waals surface area contributed by atoms with Crippen LogP contribution in [0.3, 0.4) is 0 Å². The van der Waals surface area contributed by atoms with Crippen LogP contribution in [-0.2, 0) is 13.6 Å². The van der Waals surface area contributed by atoms with Crippen molar-refractivity contribution in [1.29, 1.82) is 0 Å². The fraction of sp³-hybridized carbons (Fsp3) is 0.500. The quantitative estimate of drug-likeness (QED) is 0.534. The Morgan fingerprint density at radius 3 is 2.91 bits per heavy atom. The van der Waals surface area contributed by atoms with Crippen LogP contribution in [0, 0.1) is 0 Å². The standard InChI is InChI=1S/C14H21N5O2S/c1-4-21-13-11(6-5-7-12(13)20-3)10-15-8-9-22-14-16-17-18-19(14)2/h5-7,15H,4,8-10H2,1-3H3/p+1. The molecule has 0 aliphatic rings. The maximum absolute atomic E-state index is 5.71. The molecule has 2 rings (SSSR count). The Morgan fingerprint density at radius 2 is 2.23 bits per heavy atom.